The summed E-state index contributed by atoms with van der Waals surface area (Å²) >= 11 is 5.87. The van der Waals surface area contributed by atoms with Crippen LogP contribution in [0.2, 0.25) is 5.02 Å². The number of benzene rings is 1. The van der Waals surface area contributed by atoms with Crippen molar-refractivity contribution in [3.05, 3.63) is 46.8 Å². The minimum Gasteiger partial charge on any atom is -0.393 e. The summed E-state index contributed by atoms with van der Waals surface area (Å²) in [5, 5.41) is 19.5. The molecule has 0 spiro atoms. The Balaban J connectivity index is 1.61. The van der Waals surface area contributed by atoms with E-state index < -0.39 is 17.8 Å². The lowest BCUT2D eigenvalue weighted by Crippen LogP contribution is -2.33. The van der Waals surface area contributed by atoms with E-state index in [1.54, 1.807) is 0 Å². The van der Waals surface area contributed by atoms with Crippen molar-refractivity contribution in [2.45, 2.75) is 24.9 Å². The second-order valence-electron chi connectivity index (χ2n) is 5.67. The van der Waals surface area contributed by atoms with Crippen LogP contribution in [0.15, 0.2) is 24.5 Å². The largest absolute Gasteiger partial charge is 0.393 e. The molecule has 1 fully saturated rings. The fraction of sp³-hybridized carbons (Fsp3) is 0.400. The Bertz CT molecular complexity index is 675. The lowest BCUT2D eigenvalue weighted by molar-refractivity contribution is 0.0913. The molecule has 0 radical (unpaired) electrons. The number of aromatic nitrogens is 3. The number of nitrogens with zero attached hydrogens (tertiary/aromatic N) is 2. The number of hydrogen-bond donors (Lipinski definition) is 3. The van der Waals surface area contributed by atoms with Crippen molar-refractivity contribution in [3.8, 4) is 0 Å². The third-order valence-corrected chi connectivity index (χ3v) is 4.51. The van der Waals surface area contributed by atoms with Crippen LogP contribution in [-0.4, -0.2) is 38.8 Å². The molecule has 6 nitrogen and oxygen atoms in total. The summed E-state index contributed by atoms with van der Waals surface area (Å²) in [5.74, 6) is -0.564. The van der Waals surface area contributed by atoms with Crippen molar-refractivity contribution in [2.24, 2.45) is 5.92 Å². The van der Waals surface area contributed by atoms with Crippen LogP contribution in [0, 0.1) is 11.7 Å². The van der Waals surface area contributed by atoms with Crippen LogP contribution in [0.25, 0.3) is 0 Å². The maximum Gasteiger partial charge on any atom is 0.255 e. The number of aromatic amines is 1. The summed E-state index contributed by atoms with van der Waals surface area (Å²) in [5.41, 5.74) is -0.173. The Morgan fingerprint density at radius 1 is 1.48 bits per heavy atom. The van der Waals surface area contributed by atoms with E-state index in [2.05, 4.69) is 20.5 Å². The molecule has 1 aromatic carbocycles. The van der Waals surface area contributed by atoms with Gasteiger partial charge in [0, 0.05) is 18.4 Å². The van der Waals surface area contributed by atoms with Crippen LogP contribution in [0.1, 0.15) is 34.9 Å². The molecular weight excluding hydrogens is 323 g/mol. The highest BCUT2D eigenvalue weighted by Crippen LogP contribution is 2.36. The van der Waals surface area contributed by atoms with E-state index in [0.717, 1.165) is 5.82 Å². The normalized spacial score (nSPS) is 23.9. The SMILES string of the molecule is O=C(NC[C@@H]1C[C@@H](c2ncn[nH]2)C[C@@H]1O)c1c(F)cccc1Cl. The van der Waals surface area contributed by atoms with Gasteiger partial charge in [-0.2, -0.15) is 5.10 Å². The maximum atomic E-state index is 13.7. The zero-order chi connectivity index (χ0) is 16.4. The van der Waals surface area contributed by atoms with Crippen molar-refractivity contribution in [3.63, 3.8) is 0 Å². The molecule has 1 aromatic heterocycles. The standard InChI is InChI=1S/C15H16ClFN4O2/c16-10-2-1-3-11(17)13(10)15(23)18-6-9-4-8(5-12(9)22)14-19-7-20-21-14/h1-3,7-9,12,22H,4-6H2,(H,18,23)(H,19,20,21)/t8-,9+,12+/m1/s1. The van der Waals surface area contributed by atoms with Gasteiger partial charge in [-0.3, -0.25) is 9.89 Å². The minimum absolute atomic E-state index is 0.0639. The van der Waals surface area contributed by atoms with Gasteiger partial charge in [-0.1, -0.05) is 17.7 Å². The highest BCUT2D eigenvalue weighted by molar-refractivity contribution is 6.33. The van der Waals surface area contributed by atoms with E-state index in [-0.39, 0.29) is 29.0 Å². The van der Waals surface area contributed by atoms with Gasteiger partial charge >= 0.3 is 0 Å². The van der Waals surface area contributed by atoms with Crippen molar-refractivity contribution >= 4 is 17.5 Å². The molecule has 3 N–H and O–H groups in total. The molecule has 3 rings (SSSR count). The Hall–Kier alpha value is -1.99. The molecule has 0 saturated heterocycles. The predicted octanol–water partition coefficient (Wildman–Crippen LogP) is 1.88. The zero-order valence-electron chi connectivity index (χ0n) is 12.2. The molecule has 2 aromatic rings. The first kappa shape index (κ1) is 15.9. The number of hydrogen-bond acceptors (Lipinski definition) is 4. The van der Waals surface area contributed by atoms with Crippen LogP contribution in [-0.2, 0) is 0 Å². The summed E-state index contributed by atoms with van der Waals surface area (Å²) in [6.07, 6.45) is 2.09. The highest BCUT2D eigenvalue weighted by atomic mass is 35.5. The highest BCUT2D eigenvalue weighted by Gasteiger charge is 2.35. The third-order valence-electron chi connectivity index (χ3n) is 4.19. The first-order chi connectivity index (χ1) is 11.1. The second-order valence-corrected chi connectivity index (χ2v) is 6.08. The molecule has 1 heterocycles. The van der Waals surface area contributed by atoms with Crippen LogP contribution < -0.4 is 5.32 Å². The Labute approximate surface area is 137 Å². The fourth-order valence-electron chi connectivity index (χ4n) is 2.98. The average molecular weight is 339 g/mol. The van der Waals surface area contributed by atoms with Gasteiger partial charge < -0.3 is 10.4 Å². The number of carbonyl (C=O) groups excluding carboxylic acids is 1. The molecule has 122 valence electrons. The third kappa shape index (κ3) is 3.35. The van der Waals surface area contributed by atoms with Crippen molar-refractivity contribution in [1.29, 1.82) is 0 Å². The van der Waals surface area contributed by atoms with E-state index >= 15 is 0 Å². The summed E-state index contributed by atoms with van der Waals surface area (Å²) in [6.45, 7) is 0.245. The molecule has 1 saturated carbocycles. The van der Waals surface area contributed by atoms with Gasteiger partial charge in [0.2, 0.25) is 0 Å². The van der Waals surface area contributed by atoms with Crippen molar-refractivity contribution < 1.29 is 14.3 Å². The molecule has 23 heavy (non-hydrogen) atoms. The van der Waals surface area contributed by atoms with Gasteiger partial charge in [-0.05, 0) is 25.0 Å². The van der Waals surface area contributed by atoms with E-state index in [0.29, 0.717) is 12.8 Å². The van der Waals surface area contributed by atoms with E-state index in [4.69, 9.17) is 11.6 Å². The van der Waals surface area contributed by atoms with Crippen molar-refractivity contribution in [2.75, 3.05) is 6.54 Å². The molecule has 0 bridgehead atoms. The van der Waals surface area contributed by atoms with Crippen LogP contribution in [0.5, 0.6) is 0 Å². The number of nitrogens with one attached hydrogen (secondary N) is 2. The van der Waals surface area contributed by atoms with Gasteiger partial charge in [-0.15, -0.1) is 0 Å². The van der Waals surface area contributed by atoms with Gasteiger partial charge in [0.15, 0.2) is 0 Å². The lowest BCUT2D eigenvalue weighted by Gasteiger charge is -2.15. The molecule has 8 heteroatoms. The van der Waals surface area contributed by atoms with Gasteiger partial charge in [-0.25, -0.2) is 9.37 Å². The number of aliphatic hydroxyl groups is 1. The predicted molar refractivity (Wildman–Crippen MR) is 81.6 cm³/mol. The van der Waals surface area contributed by atoms with E-state index in [1.807, 2.05) is 0 Å². The Kier molecular flexibility index (Phi) is 4.58. The van der Waals surface area contributed by atoms with E-state index in [1.165, 1.54) is 24.5 Å². The monoisotopic (exact) mass is 338 g/mol. The maximum absolute atomic E-state index is 13.7. The number of carbonyl (C=O) groups is 1. The molecule has 1 aliphatic carbocycles. The fourth-order valence-corrected chi connectivity index (χ4v) is 3.23. The second kappa shape index (κ2) is 6.64. The number of rotatable bonds is 4. The smallest absolute Gasteiger partial charge is 0.255 e. The first-order valence-electron chi connectivity index (χ1n) is 7.31. The van der Waals surface area contributed by atoms with Gasteiger partial charge in [0.25, 0.3) is 5.91 Å². The zero-order valence-corrected chi connectivity index (χ0v) is 12.9. The first-order valence-corrected chi connectivity index (χ1v) is 7.69. The number of aliphatic hydroxyl groups excluding tert-OH is 1. The molecule has 1 aliphatic rings. The molecule has 1 amide bonds. The molecule has 0 aliphatic heterocycles. The van der Waals surface area contributed by atoms with Crippen LogP contribution in [0.3, 0.4) is 0 Å². The van der Waals surface area contributed by atoms with E-state index in [9.17, 15) is 14.3 Å². The molecule has 3 atom stereocenters. The van der Waals surface area contributed by atoms with Gasteiger partial charge in [0.05, 0.1) is 16.7 Å². The van der Waals surface area contributed by atoms with Crippen LogP contribution >= 0.6 is 11.6 Å². The lowest BCUT2D eigenvalue weighted by atomic mass is 10.0. The number of amides is 1. The molecular formula is C15H16ClFN4O2. The Morgan fingerprint density at radius 3 is 3.00 bits per heavy atom. The summed E-state index contributed by atoms with van der Waals surface area (Å²) < 4.78 is 13.7. The topological polar surface area (TPSA) is 90.9 Å². The summed E-state index contributed by atoms with van der Waals surface area (Å²) in [4.78, 5) is 16.2. The minimum atomic E-state index is -0.665. The molecule has 0 unspecified atom stereocenters. The number of H-pyrrole nitrogens is 1. The number of halogens is 2. The quantitative estimate of drug-likeness (QED) is 0.794. The van der Waals surface area contributed by atoms with Crippen molar-refractivity contribution in [1.82, 2.24) is 20.5 Å². The van der Waals surface area contributed by atoms with Crippen LogP contribution in [0.4, 0.5) is 4.39 Å². The Morgan fingerprint density at radius 2 is 2.30 bits per heavy atom. The average Bonchev–Trinajstić information content (AvgIpc) is 3.14. The van der Waals surface area contributed by atoms with Gasteiger partial charge in [0.1, 0.15) is 18.0 Å². The summed E-state index contributed by atoms with van der Waals surface area (Å²) in [6, 6.07) is 4.09. The summed E-state index contributed by atoms with van der Waals surface area (Å²) in [7, 11) is 0.